The Kier molecular flexibility index (Phi) is 4.96. The van der Waals surface area contributed by atoms with Crippen molar-refractivity contribution >= 4 is 23.1 Å². The number of hydrogen-bond acceptors (Lipinski definition) is 3. The fourth-order valence-electron chi connectivity index (χ4n) is 3.32. The minimum Gasteiger partial charge on any atom is -0.334 e. The number of aromatic nitrogens is 1. The van der Waals surface area contributed by atoms with E-state index in [0.29, 0.717) is 12.2 Å². The number of anilines is 1. The maximum atomic E-state index is 13.0. The number of carbonyl (C=O) groups is 1. The molecule has 4 rings (SSSR count). The Morgan fingerprint density at radius 2 is 1.96 bits per heavy atom. The van der Waals surface area contributed by atoms with Gasteiger partial charge in [0.25, 0.3) is 0 Å². The Labute approximate surface area is 161 Å². The summed E-state index contributed by atoms with van der Waals surface area (Å²) in [6, 6.07) is 9.45. The number of amides is 2. The molecule has 3 aromatic rings. The van der Waals surface area contributed by atoms with Crippen molar-refractivity contribution in [3.8, 4) is 5.00 Å². The lowest BCUT2D eigenvalue weighted by molar-refractivity contribution is 0.251. The maximum absolute atomic E-state index is 13.0. The second-order valence-corrected chi connectivity index (χ2v) is 7.76. The second kappa shape index (κ2) is 7.54. The summed E-state index contributed by atoms with van der Waals surface area (Å²) in [5.41, 5.74) is 3.09. The van der Waals surface area contributed by atoms with Crippen molar-refractivity contribution in [2.24, 2.45) is 0 Å². The van der Waals surface area contributed by atoms with Crippen LogP contribution in [0.5, 0.6) is 0 Å². The van der Waals surface area contributed by atoms with Gasteiger partial charge in [-0.1, -0.05) is 0 Å². The van der Waals surface area contributed by atoms with Gasteiger partial charge in [-0.05, 0) is 55.4 Å². The predicted octanol–water partition coefficient (Wildman–Crippen LogP) is 3.99. The molecule has 27 heavy (non-hydrogen) atoms. The van der Waals surface area contributed by atoms with Gasteiger partial charge in [-0.25, -0.2) is 9.18 Å². The Hall–Kier alpha value is -2.64. The van der Waals surface area contributed by atoms with Crippen molar-refractivity contribution < 1.29 is 9.18 Å². The van der Waals surface area contributed by atoms with Gasteiger partial charge >= 0.3 is 6.03 Å². The Balaban J connectivity index is 1.52. The van der Waals surface area contributed by atoms with Crippen LogP contribution >= 0.6 is 11.3 Å². The molecule has 0 spiro atoms. The van der Waals surface area contributed by atoms with E-state index in [1.54, 1.807) is 23.5 Å². The van der Waals surface area contributed by atoms with Crippen LogP contribution in [0.1, 0.15) is 16.0 Å². The first-order valence-corrected chi connectivity index (χ1v) is 9.67. The van der Waals surface area contributed by atoms with Crippen LogP contribution in [0.15, 0.2) is 48.8 Å². The summed E-state index contributed by atoms with van der Waals surface area (Å²) in [5.74, 6) is -0.327. The molecule has 0 atom stereocenters. The molecule has 0 fully saturated rings. The minimum absolute atomic E-state index is 0.298. The molecule has 1 aliphatic rings. The van der Waals surface area contributed by atoms with Crippen LogP contribution in [-0.2, 0) is 19.5 Å². The van der Waals surface area contributed by atoms with Gasteiger partial charge in [0.05, 0.1) is 0 Å². The SMILES string of the molecule is CN1CCc2c(sc(-n3cccc3)c2CNC(=O)Nc2ccc(F)cc2)C1. The average Bonchev–Trinajstić information content (AvgIpc) is 3.29. The van der Waals surface area contributed by atoms with Gasteiger partial charge in [0.15, 0.2) is 0 Å². The highest BCUT2D eigenvalue weighted by Gasteiger charge is 2.23. The number of likely N-dealkylation sites (N-methyl/N-ethyl adjacent to an activating group) is 1. The number of hydrogen-bond donors (Lipinski definition) is 2. The quantitative estimate of drug-likeness (QED) is 0.715. The average molecular weight is 384 g/mol. The number of rotatable bonds is 4. The Morgan fingerprint density at radius 1 is 1.22 bits per heavy atom. The second-order valence-electron chi connectivity index (χ2n) is 6.68. The van der Waals surface area contributed by atoms with E-state index in [1.165, 1.54) is 28.1 Å². The number of benzene rings is 1. The smallest absolute Gasteiger partial charge is 0.319 e. The fourth-order valence-corrected chi connectivity index (χ4v) is 4.73. The molecule has 0 bridgehead atoms. The molecule has 2 N–H and O–H groups in total. The summed E-state index contributed by atoms with van der Waals surface area (Å²) in [6.45, 7) is 2.41. The molecule has 2 aromatic heterocycles. The van der Waals surface area contributed by atoms with Gasteiger partial charge in [0, 0.05) is 48.2 Å². The number of thiophene rings is 1. The summed E-state index contributed by atoms with van der Waals surface area (Å²) in [4.78, 5) is 16.0. The van der Waals surface area contributed by atoms with E-state index in [4.69, 9.17) is 0 Å². The van der Waals surface area contributed by atoms with Crippen LogP contribution in [0, 0.1) is 5.82 Å². The van der Waals surface area contributed by atoms with Crippen molar-refractivity contribution in [2.75, 3.05) is 18.9 Å². The molecular weight excluding hydrogens is 363 g/mol. The molecule has 0 radical (unpaired) electrons. The molecule has 2 amide bonds. The van der Waals surface area contributed by atoms with Gasteiger partial charge in [0.1, 0.15) is 10.8 Å². The van der Waals surface area contributed by atoms with Gasteiger partial charge in [-0.15, -0.1) is 11.3 Å². The van der Waals surface area contributed by atoms with E-state index < -0.39 is 0 Å². The first-order chi connectivity index (χ1) is 13.1. The van der Waals surface area contributed by atoms with Gasteiger partial charge in [-0.3, -0.25) is 0 Å². The van der Waals surface area contributed by atoms with Crippen molar-refractivity contribution in [3.05, 3.63) is 70.6 Å². The zero-order valence-electron chi connectivity index (χ0n) is 15.0. The molecule has 7 heteroatoms. The fraction of sp³-hybridized carbons (Fsp3) is 0.250. The Bertz CT molecular complexity index is 934. The lowest BCUT2D eigenvalue weighted by atomic mass is 10.0. The molecule has 0 aliphatic carbocycles. The zero-order valence-corrected chi connectivity index (χ0v) is 15.9. The normalized spacial score (nSPS) is 14.0. The summed E-state index contributed by atoms with van der Waals surface area (Å²) >= 11 is 1.79. The summed E-state index contributed by atoms with van der Waals surface area (Å²) in [6.07, 6.45) is 5.05. The molecule has 0 unspecified atom stereocenters. The largest absolute Gasteiger partial charge is 0.334 e. The van der Waals surface area contributed by atoms with Crippen LogP contribution in [0.3, 0.4) is 0 Å². The van der Waals surface area contributed by atoms with E-state index in [0.717, 1.165) is 24.5 Å². The number of carbonyl (C=O) groups excluding carboxylic acids is 1. The number of nitrogens with one attached hydrogen (secondary N) is 2. The first kappa shape index (κ1) is 17.8. The van der Waals surface area contributed by atoms with Gasteiger partial charge in [-0.2, -0.15) is 0 Å². The highest BCUT2D eigenvalue weighted by Crippen LogP contribution is 2.35. The summed E-state index contributed by atoms with van der Waals surface area (Å²) < 4.78 is 15.1. The first-order valence-electron chi connectivity index (χ1n) is 8.86. The van der Waals surface area contributed by atoms with E-state index in [9.17, 15) is 9.18 Å². The van der Waals surface area contributed by atoms with Crippen molar-refractivity contribution in [1.82, 2.24) is 14.8 Å². The standard InChI is InChI=1S/C20H21FN4OS/c1-24-11-8-16-17(19(27-18(16)13-24)25-9-2-3-10-25)12-22-20(26)23-15-6-4-14(21)5-7-15/h2-7,9-10H,8,11-13H2,1H3,(H2,22,23,26). The number of urea groups is 1. The maximum Gasteiger partial charge on any atom is 0.319 e. The lowest BCUT2D eigenvalue weighted by Gasteiger charge is -2.22. The molecule has 0 saturated heterocycles. The van der Waals surface area contributed by atoms with Crippen LogP contribution in [0.25, 0.3) is 5.00 Å². The molecule has 3 heterocycles. The number of halogens is 1. The molecule has 140 valence electrons. The third-order valence-corrected chi connectivity index (χ3v) is 5.98. The number of nitrogens with zero attached hydrogens (tertiary/aromatic N) is 2. The molecule has 1 aliphatic heterocycles. The molecule has 0 saturated carbocycles. The third kappa shape index (κ3) is 3.89. The van der Waals surface area contributed by atoms with Crippen molar-refractivity contribution in [1.29, 1.82) is 0 Å². The summed E-state index contributed by atoms with van der Waals surface area (Å²) in [7, 11) is 2.13. The Morgan fingerprint density at radius 3 is 2.70 bits per heavy atom. The van der Waals surface area contributed by atoms with Crippen LogP contribution in [0.2, 0.25) is 0 Å². The van der Waals surface area contributed by atoms with Gasteiger partial charge < -0.3 is 20.1 Å². The van der Waals surface area contributed by atoms with Crippen molar-refractivity contribution in [2.45, 2.75) is 19.5 Å². The van der Waals surface area contributed by atoms with Crippen LogP contribution in [0.4, 0.5) is 14.9 Å². The topological polar surface area (TPSA) is 49.3 Å². The highest BCUT2D eigenvalue weighted by atomic mass is 32.1. The molecule has 1 aromatic carbocycles. The van der Waals surface area contributed by atoms with E-state index >= 15 is 0 Å². The van der Waals surface area contributed by atoms with E-state index in [-0.39, 0.29) is 11.8 Å². The molecule has 5 nitrogen and oxygen atoms in total. The highest BCUT2D eigenvalue weighted by molar-refractivity contribution is 7.14. The molecular formula is C20H21FN4OS. The van der Waals surface area contributed by atoms with Crippen molar-refractivity contribution in [3.63, 3.8) is 0 Å². The predicted molar refractivity (Wildman–Crippen MR) is 106 cm³/mol. The lowest BCUT2D eigenvalue weighted by Crippen LogP contribution is -2.30. The minimum atomic E-state index is -0.327. The van der Waals surface area contributed by atoms with E-state index in [1.807, 2.05) is 24.5 Å². The van der Waals surface area contributed by atoms with Crippen LogP contribution in [-0.4, -0.2) is 29.1 Å². The summed E-state index contributed by atoms with van der Waals surface area (Å²) in [5, 5.41) is 6.85. The monoisotopic (exact) mass is 384 g/mol. The van der Waals surface area contributed by atoms with Gasteiger partial charge in [0.2, 0.25) is 0 Å². The van der Waals surface area contributed by atoms with Crippen LogP contribution < -0.4 is 10.6 Å². The number of fused-ring (bicyclic) bond motifs is 1. The third-order valence-electron chi connectivity index (χ3n) is 4.70. The van der Waals surface area contributed by atoms with E-state index in [2.05, 4.69) is 27.1 Å². The zero-order chi connectivity index (χ0) is 18.8.